The second-order valence-corrected chi connectivity index (χ2v) is 3.23. The monoisotopic (exact) mass is 157 g/mol. The predicted molar refractivity (Wildman–Crippen MR) is 43.5 cm³/mol. The molecule has 0 fully saturated rings. The van der Waals surface area contributed by atoms with Gasteiger partial charge >= 0.3 is 0 Å². The van der Waals surface area contributed by atoms with E-state index in [0.29, 0.717) is 0 Å². The van der Waals surface area contributed by atoms with Gasteiger partial charge in [-0.1, -0.05) is 0 Å². The second-order valence-electron chi connectivity index (χ2n) is 2.15. The molecule has 0 aliphatic rings. The van der Waals surface area contributed by atoms with Crippen LogP contribution in [-0.4, -0.2) is 7.11 Å². The van der Waals surface area contributed by atoms with Crippen LogP contribution in [0.15, 0.2) is 12.1 Å². The van der Waals surface area contributed by atoms with Gasteiger partial charge in [0.1, 0.15) is 0 Å². The van der Waals surface area contributed by atoms with Gasteiger partial charge in [0.05, 0.1) is 7.11 Å². The number of ether oxygens (including phenoxy) is 1. The third-order valence-electron chi connectivity index (χ3n) is 1.25. The van der Waals surface area contributed by atoms with E-state index in [-0.39, 0.29) is 6.04 Å². The molecule has 0 saturated carbocycles. The Kier molecular flexibility index (Phi) is 2.29. The third-order valence-corrected chi connectivity index (χ3v) is 2.50. The standard InChI is InChI=1S/C7H11NOS/c1-5(8)6-3-4-7(9-2)10-6/h3-5H,8H2,1-2H3/t5-/m0/s1. The average Bonchev–Trinajstić information content (AvgIpc) is 2.34. The van der Waals surface area contributed by atoms with Crippen molar-refractivity contribution in [3.63, 3.8) is 0 Å². The van der Waals surface area contributed by atoms with Crippen LogP contribution in [-0.2, 0) is 0 Å². The van der Waals surface area contributed by atoms with Crippen LogP contribution in [0.1, 0.15) is 17.8 Å². The number of hydrogen-bond acceptors (Lipinski definition) is 3. The number of rotatable bonds is 2. The van der Waals surface area contributed by atoms with E-state index in [1.165, 1.54) is 0 Å². The molecule has 10 heavy (non-hydrogen) atoms. The molecule has 0 aliphatic carbocycles. The van der Waals surface area contributed by atoms with Gasteiger partial charge in [-0.2, -0.15) is 0 Å². The molecule has 0 radical (unpaired) electrons. The van der Waals surface area contributed by atoms with E-state index in [9.17, 15) is 0 Å². The summed E-state index contributed by atoms with van der Waals surface area (Å²) in [6.07, 6.45) is 0. The summed E-state index contributed by atoms with van der Waals surface area (Å²) in [6, 6.07) is 4.05. The van der Waals surface area contributed by atoms with Gasteiger partial charge in [0, 0.05) is 10.9 Å². The molecule has 0 aromatic carbocycles. The van der Waals surface area contributed by atoms with Crippen molar-refractivity contribution in [2.75, 3.05) is 7.11 Å². The molecule has 3 heteroatoms. The van der Waals surface area contributed by atoms with Gasteiger partial charge in [-0.15, -0.1) is 11.3 Å². The minimum absolute atomic E-state index is 0.119. The Balaban J connectivity index is 2.78. The van der Waals surface area contributed by atoms with Gasteiger partial charge in [-0.05, 0) is 19.1 Å². The van der Waals surface area contributed by atoms with Crippen LogP contribution in [0.2, 0.25) is 0 Å². The maximum Gasteiger partial charge on any atom is 0.173 e. The highest BCUT2D eigenvalue weighted by Gasteiger charge is 2.02. The lowest BCUT2D eigenvalue weighted by atomic mass is 10.3. The van der Waals surface area contributed by atoms with E-state index in [0.717, 1.165) is 9.94 Å². The van der Waals surface area contributed by atoms with Gasteiger partial charge in [-0.25, -0.2) is 0 Å². The average molecular weight is 157 g/mol. The van der Waals surface area contributed by atoms with E-state index >= 15 is 0 Å². The fraction of sp³-hybridized carbons (Fsp3) is 0.429. The molecule has 0 amide bonds. The van der Waals surface area contributed by atoms with Gasteiger partial charge in [0.25, 0.3) is 0 Å². The normalized spacial score (nSPS) is 13.1. The van der Waals surface area contributed by atoms with E-state index in [4.69, 9.17) is 10.5 Å². The van der Waals surface area contributed by atoms with Crippen LogP contribution < -0.4 is 10.5 Å². The van der Waals surface area contributed by atoms with Crippen molar-refractivity contribution in [2.24, 2.45) is 5.73 Å². The summed E-state index contributed by atoms with van der Waals surface area (Å²) in [5, 5.41) is 0.923. The molecule has 1 atom stereocenters. The molecule has 1 aromatic rings. The molecule has 0 aliphatic heterocycles. The van der Waals surface area contributed by atoms with Crippen molar-refractivity contribution in [1.82, 2.24) is 0 Å². The number of thiophene rings is 1. The third kappa shape index (κ3) is 1.49. The Bertz CT molecular complexity index is 207. The highest BCUT2D eigenvalue weighted by Crippen LogP contribution is 2.27. The maximum atomic E-state index is 5.64. The summed E-state index contributed by atoms with van der Waals surface area (Å²) >= 11 is 1.59. The smallest absolute Gasteiger partial charge is 0.173 e. The summed E-state index contributed by atoms with van der Waals surface area (Å²) in [7, 11) is 1.66. The van der Waals surface area contributed by atoms with E-state index in [1.807, 2.05) is 19.1 Å². The van der Waals surface area contributed by atoms with E-state index in [2.05, 4.69) is 0 Å². The van der Waals surface area contributed by atoms with Crippen LogP contribution in [0, 0.1) is 0 Å². The fourth-order valence-electron chi connectivity index (χ4n) is 0.689. The molecule has 0 unspecified atom stereocenters. The zero-order valence-corrected chi connectivity index (χ0v) is 6.94. The van der Waals surface area contributed by atoms with Crippen molar-refractivity contribution >= 4 is 11.3 Å². The molecule has 1 aromatic heterocycles. The zero-order valence-electron chi connectivity index (χ0n) is 6.13. The van der Waals surface area contributed by atoms with Crippen molar-refractivity contribution < 1.29 is 4.74 Å². The minimum Gasteiger partial charge on any atom is -0.487 e. The van der Waals surface area contributed by atoms with Crippen molar-refractivity contribution in [1.29, 1.82) is 0 Å². The first-order chi connectivity index (χ1) is 4.74. The Morgan fingerprint density at radius 1 is 1.60 bits per heavy atom. The molecular weight excluding hydrogens is 146 g/mol. The summed E-state index contributed by atoms with van der Waals surface area (Å²) < 4.78 is 5.01. The number of methoxy groups -OCH3 is 1. The van der Waals surface area contributed by atoms with Gasteiger partial charge in [-0.3, -0.25) is 0 Å². The molecule has 1 rings (SSSR count). The first kappa shape index (κ1) is 7.57. The highest BCUT2D eigenvalue weighted by molar-refractivity contribution is 7.13. The summed E-state index contributed by atoms with van der Waals surface area (Å²) in [5.41, 5.74) is 5.64. The van der Waals surface area contributed by atoms with Gasteiger partial charge < -0.3 is 10.5 Å². The molecule has 56 valence electrons. The van der Waals surface area contributed by atoms with E-state index in [1.54, 1.807) is 18.4 Å². The number of nitrogens with two attached hydrogens (primary N) is 1. The lowest BCUT2D eigenvalue weighted by Crippen LogP contribution is -2.01. The minimum atomic E-state index is 0.119. The maximum absolute atomic E-state index is 5.64. The predicted octanol–water partition coefficient (Wildman–Crippen LogP) is 1.78. The summed E-state index contributed by atoms with van der Waals surface area (Å²) in [4.78, 5) is 1.16. The van der Waals surface area contributed by atoms with Crippen molar-refractivity contribution in [2.45, 2.75) is 13.0 Å². The lowest BCUT2D eigenvalue weighted by molar-refractivity contribution is 0.427. The van der Waals surface area contributed by atoms with Crippen molar-refractivity contribution in [3.05, 3.63) is 17.0 Å². The van der Waals surface area contributed by atoms with Crippen LogP contribution in [0.5, 0.6) is 5.06 Å². The molecule has 0 spiro atoms. The first-order valence-corrected chi connectivity index (χ1v) is 3.95. The van der Waals surface area contributed by atoms with Gasteiger partial charge in [0.15, 0.2) is 5.06 Å². The first-order valence-electron chi connectivity index (χ1n) is 3.13. The zero-order chi connectivity index (χ0) is 7.56. The summed E-state index contributed by atoms with van der Waals surface area (Å²) in [5.74, 6) is 0. The Morgan fingerprint density at radius 2 is 2.30 bits per heavy atom. The molecule has 0 bridgehead atoms. The Morgan fingerprint density at radius 3 is 2.60 bits per heavy atom. The largest absolute Gasteiger partial charge is 0.487 e. The molecular formula is C7H11NOS. The quantitative estimate of drug-likeness (QED) is 0.710. The SMILES string of the molecule is COc1ccc([C@H](C)N)s1. The Hall–Kier alpha value is -0.540. The number of hydrogen-bond donors (Lipinski definition) is 1. The van der Waals surface area contributed by atoms with Crippen LogP contribution in [0.25, 0.3) is 0 Å². The second kappa shape index (κ2) is 3.03. The Labute approximate surface area is 64.6 Å². The van der Waals surface area contributed by atoms with Crippen molar-refractivity contribution in [3.8, 4) is 5.06 Å². The molecule has 0 saturated heterocycles. The lowest BCUT2D eigenvalue weighted by Gasteiger charge is -1.97. The fourth-order valence-corrected chi connectivity index (χ4v) is 1.46. The van der Waals surface area contributed by atoms with Crippen LogP contribution in [0.3, 0.4) is 0 Å². The molecule has 2 N–H and O–H groups in total. The van der Waals surface area contributed by atoms with Gasteiger partial charge in [0.2, 0.25) is 0 Å². The topological polar surface area (TPSA) is 35.2 Å². The molecule has 2 nitrogen and oxygen atoms in total. The van der Waals surface area contributed by atoms with Crippen LogP contribution in [0.4, 0.5) is 0 Å². The van der Waals surface area contributed by atoms with E-state index < -0.39 is 0 Å². The highest BCUT2D eigenvalue weighted by atomic mass is 32.1. The molecule has 1 heterocycles. The van der Waals surface area contributed by atoms with Crippen LogP contribution >= 0.6 is 11.3 Å². The summed E-state index contributed by atoms with van der Waals surface area (Å²) in [6.45, 7) is 1.96.